The molecule has 0 spiro atoms. The quantitative estimate of drug-likeness (QED) is 0.903. The van der Waals surface area contributed by atoms with Crippen molar-refractivity contribution in [3.8, 4) is 0 Å². The Labute approximate surface area is 110 Å². The molecule has 0 amide bonds. The van der Waals surface area contributed by atoms with Crippen LogP contribution in [0.1, 0.15) is 29.2 Å². The highest BCUT2D eigenvalue weighted by Crippen LogP contribution is 2.23. The largest absolute Gasteiger partial charge is 0.281 e. The molecule has 0 fully saturated rings. The molecule has 0 radical (unpaired) electrons. The topological polar surface area (TPSA) is 74.8 Å². The second-order valence-electron chi connectivity index (χ2n) is 4.12. The minimum absolute atomic E-state index is 0.242. The molecule has 1 atom stereocenters. The number of nitrogens with zero attached hydrogens (tertiary/aromatic N) is 1. The molecule has 0 aromatic carbocycles. The van der Waals surface area contributed by atoms with Crippen LogP contribution in [0.25, 0.3) is 0 Å². The van der Waals surface area contributed by atoms with Gasteiger partial charge in [0.25, 0.3) is 0 Å². The lowest BCUT2D eigenvalue weighted by atomic mass is 10.3. The average molecular weight is 285 g/mol. The zero-order valence-electron chi connectivity index (χ0n) is 10.4. The molecular weight excluding hydrogens is 270 g/mol. The SMILES string of the molecule is Cc1n[nH]c(C)c1S(=O)(=O)NC(C)c1cccs1. The minimum Gasteiger partial charge on any atom is -0.281 e. The van der Waals surface area contributed by atoms with Gasteiger partial charge in [0.2, 0.25) is 10.0 Å². The maximum absolute atomic E-state index is 12.3. The zero-order valence-corrected chi connectivity index (χ0v) is 12.0. The van der Waals surface area contributed by atoms with Crippen LogP contribution in [0, 0.1) is 13.8 Å². The molecule has 1 unspecified atom stereocenters. The van der Waals surface area contributed by atoms with Crippen LogP contribution >= 0.6 is 11.3 Å². The first-order valence-corrected chi connectivity index (χ1v) is 7.85. The fourth-order valence-electron chi connectivity index (χ4n) is 1.82. The summed E-state index contributed by atoms with van der Waals surface area (Å²) >= 11 is 1.53. The smallest absolute Gasteiger partial charge is 0.244 e. The molecule has 98 valence electrons. The molecule has 0 aliphatic carbocycles. The fourth-order valence-corrected chi connectivity index (χ4v) is 4.23. The fraction of sp³-hybridized carbons (Fsp3) is 0.364. The first-order valence-electron chi connectivity index (χ1n) is 5.49. The monoisotopic (exact) mass is 285 g/mol. The van der Waals surface area contributed by atoms with Gasteiger partial charge in [0.15, 0.2) is 0 Å². The van der Waals surface area contributed by atoms with Crippen LogP contribution in [-0.4, -0.2) is 18.6 Å². The predicted octanol–water partition coefficient (Wildman–Crippen LogP) is 2.13. The second kappa shape index (κ2) is 4.83. The normalized spacial score (nSPS) is 13.7. The van der Waals surface area contributed by atoms with Gasteiger partial charge in [-0.2, -0.15) is 5.10 Å². The molecule has 2 aromatic heterocycles. The van der Waals surface area contributed by atoms with Crippen molar-refractivity contribution < 1.29 is 8.42 Å². The summed E-state index contributed by atoms with van der Waals surface area (Å²) in [6.45, 7) is 5.20. The molecule has 2 N–H and O–H groups in total. The van der Waals surface area contributed by atoms with E-state index < -0.39 is 10.0 Å². The number of rotatable bonds is 4. The van der Waals surface area contributed by atoms with E-state index in [4.69, 9.17) is 0 Å². The van der Waals surface area contributed by atoms with Gasteiger partial charge in [0, 0.05) is 4.88 Å². The lowest BCUT2D eigenvalue weighted by molar-refractivity contribution is 0.567. The summed E-state index contributed by atoms with van der Waals surface area (Å²) in [6.07, 6.45) is 0. The van der Waals surface area contributed by atoms with Crippen LogP contribution in [-0.2, 0) is 10.0 Å². The van der Waals surface area contributed by atoms with Crippen LogP contribution in [0.3, 0.4) is 0 Å². The lowest BCUT2D eigenvalue weighted by Gasteiger charge is -2.12. The number of sulfonamides is 1. The van der Waals surface area contributed by atoms with Gasteiger partial charge < -0.3 is 0 Å². The minimum atomic E-state index is -3.54. The Morgan fingerprint density at radius 1 is 1.44 bits per heavy atom. The second-order valence-corrected chi connectivity index (χ2v) is 6.75. The number of hydrogen-bond acceptors (Lipinski definition) is 4. The van der Waals surface area contributed by atoms with Gasteiger partial charge in [0.05, 0.1) is 17.4 Å². The Kier molecular flexibility index (Phi) is 3.56. The Bertz CT molecular complexity index is 610. The van der Waals surface area contributed by atoms with Gasteiger partial charge in [-0.05, 0) is 32.2 Å². The van der Waals surface area contributed by atoms with E-state index in [9.17, 15) is 8.42 Å². The summed E-state index contributed by atoms with van der Waals surface area (Å²) in [7, 11) is -3.54. The Morgan fingerprint density at radius 3 is 2.67 bits per heavy atom. The highest BCUT2D eigenvalue weighted by atomic mass is 32.2. The summed E-state index contributed by atoms with van der Waals surface area (Å²) in [4.78, 5) is 1.23. The molecule has 5 nitrogen and oxygen atoms in total. The number of thiophene rings is 1. The molecule has 2 heterocycles. The van der Waals surface area contributed by atoms with Crippen LogP contribution in [0.15, 0.2) is 22.4 Å². The maximum atomic E-state index is 12.3. The van der Waals surface area contributed by atoms with E-state index in [0.717, 1.165) is 4.88 Å². The summed E-state index contributed by atoms with van der Waals surface area (Å²) in [5, 5.41) is 8.52. The van der Waals surface area contributed by atoms with E-state index in [0.29, 0.717) is 11.4 Å². The van der Waals surface area contributed by atoms with Crippen LogP contribution in [0.4, 0.5) is 0 Å². The van der Waals surface area contributed by atoms with Crippen molar-refractivity contribution in [1.29, 1.82) is 0 Å². The molecule has 7 heteroatoms. The van der Waals surface area contributed by atoms with Crippen molar-refractivity contribution in [2.24, 2.45) is 0 Å². The van der Waals surface area contributed by atoms with Crippen LogP contribution in [0.2, 0.25) is 0 Å². The van der Waals surface area contributed by atoms with Crippen molar-refractivity contribution in [2.45, 2.75) is 31.7 Å². The predicted molar refractivity (Wildman–Crippen MR) is 71.1 cm³/mol. The summed E-state index contributed by atoms with van der Waals surface area (Å²) in [6, 6.07) is 3.57. The van der Waals surface area contributed by atoms with Crippen molar-refractivity contribution in [2.75, 3.05) is 0 Å². The van der Waals surface area contributed by atoms with Crippen molar-refractivity contribution in [3.05, 3.63) is 33.8 Å². The van der Waals surface area contributed by atoms with Gasteiger partial charge in [-0.1, -0.05) is 6.07 Å². The third-order valence-corrected chi connectivity index (χ3v) is 5.49. The molecule has 0 bridgehead atoms. The van der Waals surface area contributed by atoms with Crippen LogP contribution < -0.4 is 4.72 Å². The number of aromatic nitrogens is 2. The van der Waals surface area contributed by atoms with Gasteiger partial charge in [-0.15, -0.1) is 11.3 Å². The molecule has 0 aliphatic heterocycles. The van der Waals surface area contributed by atoms with Gasteiger partial charge in [-0.3, -0.25) is 5.10 Å². The summed E-state index contributed by atoms with van der Waals surface area (Å²) in [5.41, 5.74) is 1.04. The van der Waals surface area contributed by atoms with Crippen molar-refractivity contribution >= 4 is 21.4 Å². The molecule has 2 rings (SSSR count). The highest BCUT2D eigenvalue weighted by molar-refractivity contribution is 7.89. The average Bonchev–Trinajstić information content (AvgIpc) is 2.87. The molecule has 0 saturated heterocycles. The van der Waals surface area contributed by atoms with Gasteiger partial charge in [-0.25, -0.2) is 13.1 Å². The third-order valence-electron chi connectivity index (χ3n) is 2.63. The molecular formula is C11H15N3O2S2. The number of aryl methyl sites for hydroxylation is 2. The molecule has 0 aliphatic rings. The maximum Gasteiger partial charge on any atom is 0.244 e. The molecule has 18 heavy (non-hydrogen) atoms. The van der Waals surface area contributed by atoms with E-state index in [-0.39, 0.29) is 10.9 Å². The number of H-pyrrole nitrogens is 1. The van der Waals surface area contributed by atoms with E-state index in [1.165, 1.54) is 11.3 Å². The number of hydrogen-bond donors (Lipinski definition) is 2. The van der Waals surface area contributed by atoms with E-state index in [1.54, 1.807) is 13.8 Å². The van der Waals surface area contributed by atoms with E-state index >= 15 is 0 Å². The highest BCUT2D eigenvalue weighted by Gasteiger charge is 2.24. The number of aromatic amines is 1. The van der Waals surface area contributed by atoms with Gasteiger partial charge >= 0.3 is 0 Å². The first kappa shape index (κ1) is 13.3. The Balaban J connectivity index is 2.28. The standard InChI is InChI=1S/C11H15N3O2S2/c1-7(10-5-4-6-17-10)14-18(15,16)11-8(2)12-13-9(11)3/h4-7,14H,1-3H3,(H,12,13). The Hall–Kier alpha value is -1.18. The van der Waals surface area contributed by atoms with Crippen molar-refractivity contribution in [3.63, 3.8) is 0 Å². The lowest BCUT2D eigenvalue weighted by Crippen LogP contribution is -2.27. The summed E-state index contributed by atoms with van der Waals surface area (Å²) < 4.78 is 27.2. The van der Waals surface area contributed by atoms with Crippen LogP contribution in [0.5, 0.6) is 0 Å². The first-order chi connectivity index (χ1) is 8.42. The van der Waals surface area contributed by atoms with Gasteiger partial charge in [0.1, 0.15) is 4.90 Å². The van der Waals surface area contributed by atoms with E-state index in [1.807, 2.05) is 24.4 Å². The van der Waals surface area contributed by atoms with E-state index in [2.05, 4.69) is 14.9 Å². The zero-order chi connectivity index (χ0) is 13.3. The summed E-state index contributed by atoms with van der Waals surface area (Å²) in [5.74, 6) is 0. The Morgan fingerprint density at radius 2 is 2.17 bits per heavy atom. The molecule has 0 saturated carbocycles. The molecule has 2 aromatic rings. The third kappa shape index (κ3) is 2.47. The number of nitrogens with one attached hydrogen (secondary N) is 2. The van der Waals surface area contributed by atoms with Crippen molar-refractivity contribution in [1.82, 2.24) is 14.9 Å².